The number of amides is 7. The lowest BCUT2D eigenvalue weighted by atomic mass is 9.71. The molecule has 3 atom stereocenters. The average molecular weight is 880 g/mol. The van der Waals surface area contributed by atoms with Crippen LogP contribution >= 0.6 is 0 Å². The number of hydrogen-bond donors (Lipinski definition) is 4. The Balaban J connectivity index is 1.24. The quantitative estimate of drug-likeness (QED) is 0.0828. The Labute approximate surface area is 371 Å². The normalized spacial score (nSPS) is 17.8. The molecule has 1 aromatic carbocycles. The van der Waals surface area contributed by atoms with Gasteiger partial charge in [-0.1, -0.05) is 39.3 Å². The van der Waals surface area contributed by atoms with Crippen molar-refractivity contribution in [2.45, 2.75) is 143 Å². The zero-order valence-corrected chi connectivity index (χ0v) is 38.2. The van der Waals surface area contributed by atoms with Crippen LogP contribution in [-0.2, 0) is 49.6 Å². The fourth-order valence-corrected chi connectivity index (χ4v) is 7.91. The Morgan fingerprint density at radius 1 is 0.762 bits per heavy atom. The molecule has 4 N–H and O–H groups in total. The number of benzene rings is 1. The van der Waals surface area contributed by atoms with Crippen LogP contribution in [0.5, 0.6) is 0 Å². The van der Waals surface area contributed by atoms with Gasteiger partial charge < -0.3 is 40.5 Å². The third-order valence-corrected chi connectivity index (χ3v) is 11.9. The molecule has 0 saturated carbocycles. The maximum atomic E-state index is 13.7. The summed E-state index contributed by atoms with van der Waals surface area (Å²) < 4.78 is 11.0. The number of hydrogen-bond acceptors (Lipinski definition) is 11. The van der Waals surface area contributed by atoms with Crippen LogP contribution in [-0.4, -0.2) is 125 Å². The molecule has 7 amide bonds. The van der Waals surface area contributed by atoms with E-state index in [0.29, 0.717) is 43.5 Å². The maximum Gasteiger partial charge on any atom is 0.410 e. The molecule has 17 heteroatoms. The minimum Gasteiger partial charge on any atom is -0.460 e. The highest BCUT2D eigenvalue weighted by atomic mass is 16.6. The Kier molecular flexibility index (Phi) is 18.7. The van der Waals surface area contributed by atoms with Gasteiger partial charge in [0.05, 0.1) is 0 Å². The van der Waals surface area contributed by atoms with Crippen LogP contribution in [0.2, 0.25) is 0 Å². The summed E-state index contributed by atoms with van der Waals surface area (Å²) in [7, 11) is 0. The van der Waals surface area contributed by atoms with Gasteiger partial charge in [-0.2, -0.15) is 0 Å². The van der Waals surface area contributed by atoms with Crippen LogP contribution in [0.1, 0.15) is 118 Å². The van der Waals surface area contributed by atoms with E-state index in [1.807, 2.05) is 0 Å². The minimum atomic E-state index is -1.18. The smallest absolute Gasteiger partial charge is 0.410 e. The van der Waals surface area contributed by atoms with Crippen molar-refractivity contribution < 1.29 is 47.8 Å². The monoisotopic (exact) mass is 880 g/mol. The molecule has 3 aliphatic heterocycles. The first-order valence-electron chi connectivity index (χ1n) is 22.5. The number of esters is 1. The van der Waals surface area contributed by atoms with Crippen molar-refractivity contribution in [1.82, 2.24) is 30.7 Å². The highest BCUT2D eigenvalue weighted by Gasteiger charge is 2.39. The molecule has 0 aliphatic carbocycles. The molecular formula is C46H69N7O10. The molecule has 0 aromatic heterocycles. The number of piperidine rings is 2. The van der Waals surface area contributed by atoms with Gasteiger partial charge >= 0.3 is 12.1 Å². The Morgan fingerprint density at radius 3 is 1.97 bits per heavy atom. The lowest BCUT2D eigenvalue weighted by Crippen LogP contribution is -2.57. The number of ether oxygens (including phenoxy) is 2. The summed E-state index contributed by atoms with van der Waals surface area (Å²) in [5, 5.41) is 10.8. The van der Waals surface area contributed by atoms with E-state index in [2.05, 4.69) is 33.1 Å². The van der Waals surface area contributed by atoms with Gasteiger partial charge in [0.25, 0.3) is 11.8 Å². The molecule has 17 nitrogen and oxygen atoms in total. The summed E-state index contributed by atoms with van der Waals surface area (Å²) in [5.41, 5.74) is 0.794. The van der Waals surface area contributed by atoms with E-state index in [1.165, 1.54) is 31.9 Å². The van der Waals surface area contributed by atoms with Gasteiger partial charge in [0.2, 0.25) is 23.6 Å². The summed E-state index contributed by atoms with van der Waals surface area (Å²) in [6.45, 7) is 17.3. The van der Waals surface area contributed by atoms with Crippen LogP contribution in [0.15, 0.2) is 36.4 Å². The average Bonchev–Trinajstić information content (AvgIpc) is 3.55. The fraction of sp³-hybridized carbons (Fsp3) is 0.652. The molecule has 1 aromatic rings. The number of carbonyl (C=O) groups is 8. The van der Waals surface area contributed by atoms with Crippen LogP contribution < -0.4 is 21.3 Å². The first-order chi connectivity index (χ1) is 29.8. The predicted molar refractivity (Wildman–Crippen MR) is 236 cm³/mol. The van der Waals surface area contributed by atoms with E-state index in [-0.39, 0.29) is 50.3 Å². The third kappa shape index (κ3) is 16.1. The molecule has 348 valence electrons. The van der Waals surface area contributed by atoms with Crippen LogP contribution in [0.3, 0.4) is 0 Å². The van der Waals surface area contributed by atoms with Crippen molar-refractivity contribution in [2.24, 2.45) is 11.3 Å². The number of imide groups is 1. The number of likely N-dealkylation sites (tertiary alicyclic amines) is 2. The standard InChI is InChI=1S/C46H69N7O10/c1-8-51-26-21-46(22-27-51)23-28-52(29-24-46)44(61)62-30-33-13-15-34(16-14-33)48-41(58)32(4)47-43(60)40(31(2)3)50-42(59)35(17-20-39(57)63-45(5,6)7)49-36(54)12-10-9-11-25-53-37(55)18-19-38(53)56/h13-16,18-19,31-32,35,40H,8-12,17,20-30H2,1-7H3,(H,47,60)(H,48,58)(H,49,54)(H,50,59)/t32-,35?,40-/m0/s1. The van der Waals surface area contributed by atoms with E-state index >= 15 is 0 Å². The van der Waals surface area contributed by atoms with E-state index in [1.54, 1.807) is 63.8 Å². The summed E-state index contributed by atoms with van der Waals surface area (Å²) in [4.78, 5) is 108. The summed E-state index contributed by atoms with van der Waals surface area (Å²) in [6, 6.07) is 3.60. The number of rotatable bonds is 20. The van der Waals surface area contributed by atoms with Gasteiger partial charge in [0, 0.05) is 50.3 Å². The van der Waals surface area contributed by atoms with E-state index in [9.17, 15) is 38.4 Å². The van der Waals surface area contributed by atoms with E-state index < -0.39 is 59.2 Å². The SMILES string of the molecule is CCN1CCC2(CC1)CCN(C(=O)OCc1ccc(NC(=O)[C@H](C)NC(=O)[C@@H](NC(=O)C(CCC(=O)OC(C)(C)C)NC(=O)CCCCCN3C(=O)C=CC3=O)C(C)C)cc1)CC2. The lowest BCUT2D eigenvalue weighted by molar-refractivity contribution is -0.155. The molecule has 0 radical (unpaired) electrons. The zero-order valence-electron chi connectivity index (χ0n) is 38.2. The van der Waals surface area contributed by atoms with Gasteiger partial charge in [0.1, 0.15) is 30.3 Å². The van der Waals surface area contributed by atoms with Crippen molar-refractivity contribution in [2.75, 3.05) is 44.6 Å². The van der Waals surface area contributed by atoms with Gasteiger partial charge in [-0.3, -0.25) is 38.5 Å². The van der Waals surface area contributed by atoms with Crippen LogP contribution in [0.25, 0.3) is 0 Å². The van der Waals surface area contributed by atoms with Gasteiger partial charge in [-0.05, 0) is 121 Å². The van der Waals surface area contributed by atoms with Gasteiger partial charge in [0.15, 0.2) is 0 Å². The van der Waals surface area contributed by atoms with Crippen molar-refractivity contribution in [3.8, 4) is 0 Å². The zero-order chi connectivity index (χ0) is 46.3. The number of anilines is 1. The first-order valence-corrected chi connectivity index (χ1v) is 22.5. The van der Waals surface area contributed by atoms with Crippen molar-refractivity contribution >= 4 is 53.2 Å². The third-order valence-electron chi connectivity index (χ3n) is 11.9. The van der Waals surface area contributed by atoms with Crippen molar-refractivity contribution in [3.63, 3.8) is 0 Å². The summed E-state index contributed by atoms with van der Waals surface area (Å²) >= 11 is 0. The second kappa shape index (κ2) is 23.4. The second-order valence-electron chi connectivity index (χ2n) is 18.3. The molecular weight excluding hydrogens is 811 g/mol. The summed E-state index contributed by atoms with van der Waals surface area (Å²) in [5.74, 6) is -3.98. The Bertz CT molecular complexity index is 1790. The topological polar surface area (TPSA) is 213 Å². The molecule has 3 aliphatic rings. The Morgan fingerprint density at radius 2 is 1.38 bits per heavy atom. The predicted octanol–water partition coefficient (Wildman–Crippen LogP) is 4.20. The second-order valence-corrected chi connectivity index (χ2v) is 18.3. The van der Waals surface area contributed by atoms with Crippen LogP contribution in [0.4, 0.5) is 10.5 Å². The molecule has 63 heavy (non-hydrogen) atoms. The fourth-order valence-electron chi connectivity index (χ4n) is 7.91. The summed E-state index contributed by atoms with van der Waals surface area (Å²) in [6.07, 6.45) is 7.69. The van der Waals surface area contributed by atoms with E-state index in [4.69, 9.17) is 9.47 Å². The maximum absolute atomic E-state index is 13.7. The Hall–Kier alpha value is -5.32. The number of carbonyl (C=O) groups excluding carboxylic acids is 8. The highest BCUT2D eigenvalue weighted by molar-refractivity contribution is 6.12. The number of unbranched alkanes of at least 4 members (excludes halogenated alkanes) is 2. The first kappa shape index (κ1) is 50.3. The minimum absolute atomic E-state index is 0.0467. The molecule has 2 fully saturated rings. The van der Waals surface area contributed by atoms with Gasteiger partial charge in [-0.25, -0.2) is 4.79 Å². The van der Waals surface area contributed by atoms with Crippen LogP contribution in [0, 0.1) is 11.3 Å². The molecule has 1 unspecified atom stereocenters. The highest BCUT2D eigenvalue weighted by Crippen LogP contribution is 2.41. The van der Waals surface area contributed by atoms with Gasteiger partial charge in [-0.15, -0.1) is 0 Å². The lowest BCUT2D eigenvalue weighted by Gasteiger charge is -2.46. The van der Waals surface area contributed by atoms with E-state index in [0.717, 1.165) is 42.9 Å². The number of nitrogens with one attached hydrogen (secondary N) is 4. The molecule has 1 spiro atoms. The molecule has 0 bridgehead atoms. The molecule has 3 heterocycles. The molecule has 2 saturated heterocycles. The number of nitrogens with zero attached hydrogens (tertiary/aromatic N) is 3. The largest absolute Gasteiger partial charge is 0.460 e. The van der Waals surface area contributed by atoms with Crippen molar-refractivity contribution in [1.29, 1.82) is 0 Å². The van der Waals surface area contributed by atoms with Crippen molar-refractivity contribution in [3.05, 3.63) is 42.0 Å². The molecule has 4 rings (SSSR count).